The number of hydrogen-bond acceptors (Lipinski definition) is 6. The molecule has 0 aliphatic carbocycles. The summed E-state index contributed by atoms with van der Waals surface area (Å²) in [6.07, 6.45) is 1.15. The number of carbonyl (C=O) groups is 1. The standard InChI is InChI=1S/C28H27FN2O6S/c1-28(2)16-31(38(4,33)34)23-14-24-22(13-18(23)15-35-28)25(27(32)30-3)26(37-24)17-5-9-20(10-6-17)36-21-11-7-19(29)8-12-21/h5-14H,15-16H2,1-4H3,(H,30,32). The van der Waals surface area contributed by atoms with Crippen LogP contribution in [-0.4, -0.2) is 39.8 Å². The van der Waals surface area contributed by atoms with Gasteiger partial charge in [-0.3, -0.25) is 9.10 Å². The Bertz CT molecular complexity index is 1630. The van der Waals surface area contributed by atoms with E-state index in [1.54, 1.807) is 36.4 Å². The van der Waals surface area contributed by atoms with E-state index in [1.807, 2.05) is 13.8 Å². The summed E-state index contributed by atoms with van der Waals surface area (Å²) in [5.74, 6) is 0.635. The van der Waals surface area contributed by atoms with Gasteiger partial charge in [-0.25, -0.2) is 12.8 Å². The SMILES string of the molecule is CNC(=O)c1c(-c2ccc(Oc3ccc(F)cc3)cc2)oc2cc3c(cc12)COC(C)(C)CN3S(C)(=O)=O. The van der Waals surface area contributed by atoms with Crippen LogP contribution in [0.5, 0.6) is 11.5 Å². The van der Waals surface area contributed by atoms with Crippen molar-refractivity contribution in [3.05, 3.63) is 77.6 Å². The van der Waals surface area contributed by atoms with Crippen LogP contribution in [0.25, 0.3) is 22.3 Å². The molecule has 1 N–H and O–H groups in total. The fourth-order valence-corrected chi connectivity index (χ4v) is 5.51. The molecule has 38 heavy (non-hydrogen) atoms. The first-order chi connectivity index (χ1) is 17.9. The van der Waals surface area contributed by atoms with Crippen molar-refractivity contribution in [2.75, 3.05) is 24.2 Å². The van der Waals surface area contributed by atoms with Crippen LogP contribution in [-0.2, 0) is 21.4 Å². The van der Waals surface area contributed by atoms with E-state index in [9.17, 15) is 17.6 Å². The Balaban J connectivity index is 1.60. The molecule has 0 unspecified atom stereocenters. The van der Waals surface area contributed by atoms with Gasteiger partial charge in [-0.05, 0) is 68.4 Å². The molecule has 0 atom stereocenters. The fourth-order valence-electron chi connectivity index (χ4n) is 4.44. The Kier molecular flexibility index (Phi) is 6.40. The Labute approximate surface area is 220 Å². The molecule has 0 spiro atoms. The molecule has 1 amide bonds. The van der Waals surface area contributed by atoms with E-state index in [4.69, 9.17) is 13.9 Å². The zero-order valence-corrected chi connectivity index (χ0v) is 22.2. The van der Waals surface area contributed by atoms with E-state index in [0.717, 1.165) is 6.26 Å². The second-order valence-electron chi connectivity index (χ2n) is 9.76. The Morgan fingerprint density at radius 2 is 1.68 bits per heavy atom. The van der Waals surface area contributed by atoms with Gasteiger partial charge in [0.1, 0.15) is 28.7 Å². The van der Waals surface area contributed by atoms with Crippen molar-refractivity contribution in [3.63, 3.8) is 0 Å². The normalized spacial score (nSPS) is 15.1. The van der Waals surface area contributed by atoms with Crippen LogP contribution < -0.4 is 14.4 Å². The molecule has 1 aromatic heterocycles. The molecule has 0 bridgehead atoms. The maximum atomic E-state index is 13.2. The lowest BCUT2D eigenvalue weighted by Crippen LogP contribution is -2.41. The third-order valence-electron chi connectivity index (χ3n) is 6.32. The predicted octanol–water partition coefficient (Wildman–Crippen LogP) is 5.47. The fraction of sp³-hybridized carbons (Fsp3) is 0.250. The lowest BCUT2D eigenvalue weighted by atomic mass is 10.0. The smallest absolute Gasteiger partial charge is 0.255 e. The van der Waals surface area contributed by atoms with Gasteiger partial charge in [0.2, 0.25) is 10.0 Å². The van der Waals surface area contributed by atoms with Crippen LogP contribution in [0, 0.1) is 5.82 Å². The van der Waals surface area contributed by atoms with Crippen molar-refractivity contribution in [1.82, 2.24) is 5.32 Å². The van der Waals surface area contributed by atoms with Crippen LogP contribution in [0.2, 0.25) is 0 Å². The highest BCUT2D eigenvalue weighted by molar-refractivity contribution is 7.92. The molecular weight excluding hydrogens is 511 g/mol. The Hall–Kier alpha value is -3.89. The summed E-state index contributed by atoms with van der Waals surface area (Å²) in [6.45, 7) is 3.97. The van der Waals surface area contributed by atoms with Gasteiger partial charge in [0, 0.05) is 29.6 Å². The number of anilines is 1. The van der Waals surface area contributed by atoms with Crippen molar-refractivity contribution in [2.24, 2.45) is 0 Å². The number of nitrogens with one attached hydrogen (secondary N) is 1. The van der Waals surface area contributed by atoms with Crippen LogP contribution in [0.3, 0.4) is 0 Å². The predicted molar refractivity (Wildman–Crippen MR) is 143 cm³/mol. The molecule has 5 rings (SSSR count). The topological polar surface area (TPSA) is 98.1 Å². The summed E-state index contributed by atoms with van der Waals surface area (Å²) < 4.78 is 57.9. The van der Waals surface area contributed by atoms with Gasteiger partial charge in [0.25, 0.3) is 5.91 Å². The van der Waals surface area contributed by atoms with Gasteiger partial charge in [-0.1, -0.05) is 0 Å². The van der Waals surface area contributed by atoms with Gasteiger partial charge < -0.3 is 19.2 Å². The zero-order chi connectivity index (χ0) is 27.2. The monoisotopic (exact) mass is 538 g/mol. The maximum Gasteiger partial charge on any atom is 0.255 e. The van der Waals surface area contributed by atoms with Crippen molar-refractivity contribution < 1.29 is 31.5 Å². The number of fused-ring (bicyclic) bond motifs is 2. The number of nitrogens with zero attached hydrogens (tertiary/aromatic N) is 1. The minimum atomic E-state index is -3.61. The molecule has 2 heterocycles. The van der Waals surface area contributed by atoms with Crippen molar-refractivity contribution in [1.29, 1.82) is 0 Å². The minimum absolute atomic E-state index is 0.135. The highest BCUT2D eigenvalue weighted by Crippen LogP contribution is 2.40. The Morgan fingerprint density at radius 3 is 2.29 bits per heavy atom. The molecule has 0 fully saturated rings. The van der Waals surface area contributed by atoms with E-state index >= 15 is 0 Å². The number of carbonyl (C=O) groups excluding carboxylic acids is 1. The second kappa shape index (κ2) is 9.45. The molecule has 0 radical (unpaired) electrons. The lowest BCUT2D eigenvalue weighted by Gasteiger charge is -2.29. The van der Waals surface area contributed by atoms with Crippen molar-refractivity contribution in [2.45, 2.75) is 26.1 Å². The average molecular weight is 539 g/mol. The number of hydrogen-bond donors (Lipinski definition) is 1. The van der Waals surface area contributed by atoms with Gasteiger partial charge in [-0.15, -0.1) is 0 Å². The molecule has 0 saturated carbocycles. The van der Waals surface area contributed by atoms with Crippen LogP contribution in [0.1, 0.15) is 29.8 Å². The summed E-state index contributed by atoms with van der Waals surface area (Å²) in [5, 5.41) is 3.21. The van der Waals surface area contributed by atoms with Crippen LogP contribution in [0.15, 0.2) is 65.1 Å². The summed E-state index contributed by atoms with van der Waals surface area (Å²) >= 11 is 0. The molecular formula is C28H27FN2O6S. The number of benzene rings is 3. The zero-order valence-electron chi connectivity index (χ0n) is 21.4. The number of amides is 1. The number of halogens is 1. The van der Waals surface area contributed by atoms with E-state index in [1.165, 1.54) is 35.6 Å². The molecule has 4 aromatic rings. The highest BCUT2D eigenvalue weighted by Gasteiger charge is 2.34. The maximum absolute atomic E-state index is 13.2. The molecule has 3 aromatic carbocycles. The summed E-state index contributed by atoms with van der Waals surface area (Å²) in [6, 6.07) is 16.0. The number of sulfonamides is 1. The lowest BCUT2D eigenvalue weighted by molar-refractivity contribution is -0.0173. The van der Waals surface area contributed by atoms with Crippen molar-refractivity contribution >= 4 is 32.6 Å². The van der Waals surface area contributed by atoms with Crippen LogP contribution in [0.4, 0.5) is 10.1 Å². The first kappa shape index (κ1) is 25.7. The average Bonchev–Trinajstić information content (AvgIpc) is 3.18. The Morgan fingerprint density at radius 1 is 1.05 bits per heavy atom. The third-order valence-corrected chi connectivity index (χ3v) is 7.45. The number of ether oxygens (including phenoxy) is 2. The highest BCUT2D eigenvalue weighted by atomic mass is 32.2. The molecule has 198 valence electrons. The van der Waals surface area contributed by atoms with Gasteiger partial charge in [0.05, 0.1) is 36.3 Å². The van der Waals surface area contributed by atoms with Crippen LogP contribution >= 0.6 is 0 Å². The quantitative estimate of drug-likeness (QED) is 0.362. The van der Waals surface area contributed by atoms with Crippen molar-refractivity contribution in [3.8, 4) is 22.8 Å². The second-order valence-corrected chi connectivity index (χ2v) is 11.7. The van der Waals surface area contributed by atoms with E-state index in [2.05, 4.69) is 5.32 Å². The first-order valence-corrected chi connectivity index (χ1v) is 13.8. The van der Waals surface area contributed by atoms with E-state index in [-0.39, 0.29) is 24.9 Å². The van der Waals surface area contributed by atoms with Gasteiger partial charge in [0.15, 0.2) is 0 Å². The third kappa shape index (κ3) is 4.97. The molecule has 0 saturated heterocycles. The number of rotatable bonds is 5. The van der Waals surface area contributed by atoms with Gasteiger partial charge >= 0.3 is 0 Å². The van der Waals surface area contributed by atoms with E-state index in [0.29, 0.717) is 50.6 Å². The molecule has 1 aliphatic rings. The summed E-state index contributed by atoms with van der Waals surface area (Å²) in [5.41, 5.74) is 1.70. The number of furan rings is 1. The molecule has 8 nitrogen and oxygen atoms in total. The van der Waals surface area contributed by atoms with E-state index < -0.39 is 15.6 Å². The summed E-state index contributed by atoms with van der Waals surface area (Å²) in [4.78, 5) is 13.0. The molecule has 10 heteroatoms. The molecule has 1 aliphatic heterocycles. The minimum Gasteiger partial charge on any atom is -0.457 e. The largest absolute Gasteiger partial charge is 0.457 e. The first-order valence-electron chi connectivity index (χ1n) is 11.9. The summed E-state index contributed by atoms with van der Waals surface area (Å²) in [7, 11) is -2.08. The van der Waals surface area contributed by atoms with Gasteiger partial charge in [-0.2, -0.15) is 0 Å².